The van der Waals surface area contributed by atoms with E-state index >= 15 is 0 Å². The maximum Gasteiger partial charge on any atom is 0.302 e. The predicted molar refractivity (Wildman–Crippen MR) is 81.6 cm³/mol. The summed E-state index contributed by atoms with van der Waals surface area (Å²) in [5.74, 6) is -0.227. The van der Waals surface area contributed by atoms with Crippen LogP contribution in [0.3, 0.4) is 0 Å². The van der Waals surface area contributed by atoms with Gasteiger partial charge < -0.3 is 9.47 Å². The van der Waals surface area contributed by atoms with E-state index in [0.717, 1.165) is 25.7 Å². The topological polar surface area (TPSA) is 38.8 Å². The molecule has 1 aliphatic heterocycles. The lowest BCUT2D eigenvalue weighted by atomic mass is 10.0. The van der Waals surface area contributed by atoms with Crippen LogP contribution in [0.15, 0.2) is 23.3 Å². The second kappa shape index (κ2) is 7.63. The van der Waals surface area contributed by atoms with Gasteiger partial charge in [0.05, 0.1) is 11.7 Å². The van der Waals surface area contributed by atoms with Crippen molar-refractivity contribution in [2.45, 2.75) is 72.0 Å². The minimum absolute atomic E-state index is 0.107. The third-order valence-corrected chi connectivity index (χ3v) is 3.71. The van der Waals surface area contributed by atoms with Crippen molar-refractivity contribution in [3.63, 3.8) is 0 Å². The third kappa shape index (κ3) is 6.90. The highest BCUT2D eigenvalue weighted by atomic mass is 16.6. The first-order valence-electron chi connectivity index (χ1n) is 7.43. The SMILES string of the molecule is CC(=O)OC/C=C(\C)CC/C=C(\C)CC[C@H]1OC1(C)C. The van der Waals surface area contributed by atoms with Gasteiger partial charge in [-0.1, -0.05) is 17.2 Å². The lowest BCUT2D eigenvalue weighted by Crippen LogP contribution is -2.02. The van der Waals surface area contributed by atoms with Crippen molar-refractivity contribution in [2.24, 2.45) is 0 Å². The highest BCUT2D eigenvalue weighted by Crippen LogP contribution is 2.38. The fourth-order valence-electron chi connectivity index (χ4n) is 2.15. The van der Waals surface area contributed by atoms with Crippen LogP contribution < -0.4 is 0 Å². The maximum absolute atomic E-state index is 10.6. The van der Waals surface area contributed by atoms with Gasteiger partial charge in [-0.25, -0.2) is 0 Å². The van der Waals surface area contributed by atoms with E-state index in [4.69, 9.17) is 9.47 Å². The minimum Gasteiger partial charge on any atom is -0.462 e. The number of epoxide rings is 1. The summed E-state index contributed by atoms with van der Waals surface area (Å²) in [5.41, 5.74) is 2.81. The molecule has 0 aliphatic carbocycles. The van der Waals surface area contributed by atoms with Crippen molar-refractivity contribution >= 4 is 5.97 Å². The zero-order chi connectivity index (χ0) is 15.2. The summed E-state index contributed by atoms with van der Waals surface area (Å²) in [5, 5.41) is 0. The molecule has 1 fully saturated rings. The van der Waals surface area contributed by atoms with Crippen LogP contribution in [0.2, 0.25) is 0 Å². The van der Waals surface area contributed by atoms with Crippen molar-refractivity contribution < 1.29 is 14.3 Å². The van der Waals surface area contributed by atoms with Crippen LogP contribution in [-0.4, -0.2) is 24.3 Å². The van der Waals surface area contributed by atoms with Gasteiger partial charge in [-0.2, -0.15) is 0 Å². The second-order valence-electron chi connectivity index (χ2n) is 6.19. The van der Waals surface area contributed by atoms with Crippen LogP contribution in [0.1, 0.15) is 60.3 Å². The highest BCUT2D eigenvalue weighted by molar-refractivity contribution is 5.66. The van der Waals surface area contributed by atoms with Gasteiger partial charge in [0.2, 0.25) is 0 Å². The normalized spacial score (nSPS) is 21.8. The van der Waals surface area contributed by atoms with E-state index in [1.165, 1.54) is 18.1 Å². The van der Waals surface area contributed by atoms with E-state index in [2.05, 4.69) is 33.8 Å². The molecule has 0 aromatic carbocycles. The fourth-order valence-corrected chi connectivity index (χ4v) is 2.15. The molecule has 1 heterocycles. The molecule has 0 aromatic rings. The molecular formula is C17H28O3. The zero-order valence-electron chi connectivity index (χ0n) is 13.5. The Balaban J connectivity index is 2.14. The molecule has 0 N–H and O–H groups in total. The zero-order valence-corrected chi connectivity index (χ0v) is 13.5. The molecule has 0 aromatic heterocycles. The summed E-state index contributed by atoms with van der Waals surface area (Å²) in [4.78, 5) is 10.6. The molecule has 0 spiro atoms. The largest absolute Gasteiger partial charge is 0.462 e. The first-order valence-corrected chi connectivity index (χ1v) is 7.43. The molecular weight excluding hydrogens is 252 g/mol. The molecule has 3 heteroatoms. The standard InChI is InChI=1S/C17H28O3/c1-13(9-10-16-17(4,5)20-16)7-6-8-14(2)11-12-19-15(3)18/h7,11,16H,6,8-10,12H2,1-5H3/b13-7+,14-11+/t16-/m1/s1. The van der Waals surface area contributed by atoms with Crippen LogP contribution in [0, 0.1) is 0 Å². The third-order valence-electron chi connectivity index (χ3n) is 3.71. The molecule has 3 nitrogen and oxygen atoms in total. The van der Waals surface area contributed by atoms with Gasteiger partial charge >= 0.3 is 5.97 Å². The summed E-state index contributed by atoms with van der Waals surface area (Å²) < 4.78 is 10.5. The molecule has 0 saturated carbocycles. The maximum atomic E-state index is 10.6. The first kappa shape index (κ1) is 17.0. The number of esters is 1. The van der Waals surface area contributed by atoms with Gasteiger partial charge in [0.15, 0.2) is 0 Å². The van der Waals surface area contributed by atoms with E-state index in [1.807, 2.05) is 6.08 Å². The van der Waals surface area contributed by atoms with Crippen LogP contribution >= 0.6 is 0 Å². The van der Waals surface area contributed by atoms with Crippen LogP contribution in [0.4, 0.5) is 0 Å². The van der Waals surface area contributed by atoms with E-state index in [0.29, 0.717) is 12.7 Å². The molecule has 0 bridgehead atoms. The van der Waals surface area contributed by atoms with Crippen molar-refractivity contribution in [3.8, 4) is 0 Å². The van der Waals surface area contributed by atoms with Gasteiger partial charge in [0.1, 0.15) is 6.61 Å². The Hall–Kier alpha value is -1.09. The van der Waals surface area contributed by atoms with Gasteiger partial charge in [-0.05, 0) is 59.5 Å². The lowest BCUT2D eigenvalue weighted by Gasteiger charge is -2.02. The van der Waals surface area contributed by atoms with Crippen LogP contribution in [-0.2, 0) is 14.3 Å². The molecule has 0 radical (unpaired) electrons. The van der Waals surface area contributed by atoms with E-state index in [1.54, 1.807) is 0 Å². The second-order valence-corrected chi connectivity index (χ2v) is 6.19. The Bertz CT molecular complexity index is 391. The minimum atomic E-state index is -0.227. The van der Waals surface area contributed by atoms with Crippen molar-refractivity contribution in [2.75, 3.05) is 6.61 Å². The number of carbonyl (C=O) groups excluding carboxylic acids is 1. The Labute approximate surface area is 123 Å². The van der Waals surface area contributed by atoms with E-state index < -0.39 is 0 Å². The number of hydrogen-bond donors (Lipinski definition) is 0. The quantitative estimate of drug-likeness (QED) is 0.380. The molecule has 0 amide bonds. The van der Waals surface area contributed by atoms with Crippen molar-refractivity contribution in [1.82, 2.24) is 0 Å². The fraction of sp³-hybridized carbons (Fsp3) is 0.706. The Morgan fingerprint density at radius 1 is 1.15 bits per heavy atom. The summed E-state index contributed by atoms with van der Waals surface area (Å²) >= 11 is 0. The lowest BCUT2D eigenvalue weighted by molar-refractivity contribution is -0.139. The predicted octanol–water partition coefficient (Wildman–Crippen LogP) is 4.18. The number of ether oxygens (including phenoxy) is 2. The van der Waals surface area contributed by atoms with E-state index in [-0.39, 0.29) is 11.6 Å². The average Bonchev–Trinajstić information content (AvgIpc) is 2.94. The molecule has 1 aliphatic rings. The number of carbonyl (C=O) groups is 1. The Kier molecular flexibility index (Phi) is 6.47. The molecule has 1 saturated heterocycles. The summed E-state index contributed by atoms with van der Waals surface area (Å²) in [6.07, 6.45) is 9.02. The van der Waals surface area contributed by atoms with Crippen LogP contribution in [0.25, 0.3) is 0 Å². The smallest absolute Gasteiger partial charge is 0.302 e. The number of allylic oxidation sites excluding steroid dienone is 3. The Morgan fingerprint density at radius 3 is 2.30 bits per heavy atom. The van der Waals surface area contributed by atoms with Crippen molar-refractivity contribution in [3.05, 3.63) is 23.3 Å². The van der Waals surface area contributed by atoms with Crippen molar-refractivity contribution in [1.29, 1.82) is 0 Å². The number of hydrogen-bond acceptors (Lipinski definition) is 3. The van der Waals surface area contributed by atoms with E-state index in [9.17, 15) is 4.79 Å². The van der Waals surface area contributed by atoms with Gasteiger partial charge in [-0.3, -0.25) is 4.79 Å². The van der Waals surface area contributed by atoms with Gasteiger partial charge in [0.25, 0.3) is 0 Å². The molecule has 1 atom stereocenters. The molecule has 0 unspecified atom stereocenters. The summed E-state index contributed by atoms with van der Waals surface area (Å²) in [6.45, 7) is 10.4. The highest BCUT2D eigenvalue weighted by Gasteiger charge is 2.46. The monoisotopic (exact) mass is 280 g/mol. The summed E-state index contributed by atoms with van der Waals surface area (Å²) in [7, 11) is 0. The summed E-state index contributed by atoms with van der Waals surface area (Å²) in [6, 6.07) is 0. The Morgan fingerprint density at radius 2 is 1.75 bits per heavy atom. The molecule has 20 heavy (non-hydrogen) atoms. The average molecular weight is 280 g/mol. The molecule has 1 rings (SSSR count). The molecule has 114 valence electrons. The number of rotatable bonds is 8. The van der Waals surface area contributed by atoms with Gasteiger partial charge in [-0.15, -0.1) is 0 Å². The van der Waals surface area contributed by atoms with Gasteiger partial charge in [0, 0.05) is 6.92 Å². The van der Waals surface area contributed by atoms with Crippen LogP contribution in [0.5, 0.6) is 0 Å². The first-order chi connectivity index (χ1) is 9.31.